The average Bonchev–Trinajstić information content (AvgIpc) is 3.04. The molecule has 0 aromatic heterocycles. The summed E-state index contributed by atoms with van der Waals surface area (Å²) in [6.45, 7) is 3.08. The summed E-state index contributed by atoms with van der Waals surface area (Å²) in [6.07, 6.45) is 20.9. The quantitative estimate of drug-likeness (QED) is 0.0713. The van der Waals surface area contributed by atoms with Crippen molar-refractivity contribution in [1.29, 1.82) is 0 Å². The minimum Gasteiger partial charge on any atom is -0.494 e. The minimum atomic E-state index is 0.800. The first-order valence-corrected chi connectivity index (χ1v) is 15.9. The highest BCUT2D eigenvalue weighted by Gasteiger charge is 2.10. The molecule has 0 N–H and O–H groups in total. The van der Waals surface area contributed by atoms with E-state index < -0.39 is 0 Å². The predicted molar refractivity (Wildman–Crippen MR) is 185 cm³/mol. The maximum Gasteiger partial charge on any atom is 0.119 e. The van der Waals surface area contributed by atoms with Crippen molar-refractivity contribution in [3.05, 3.63) is 125 Å². The van der Waals surface area contributed by atoms with Crippen molar-refractivity contribution >= 4 is 45.8 Å². The maximum atomic E-state index is 6.04. The number of unbranched alkanes of at least 4 members (excludes halogenated alkanes) is 8. The van der Waals surface area contributed by atoms with Crippen LogP contribution < -0.4 is 4.74 Å². The molecule has 0 bridgehead atoms. The lowest BCUT2D eigenvalue weighted by Gasteiger charge is -2.13. The van der Waals surface area contributed by atoms with Crippen LogP contribution in [0.2, 0.25) is 0 Å². The molecule has 42 heavy (non-hydrogen) atoms. The minimum absolute atomic E-state index is 0.800. The van der Waals surface area contributed by atoms with Crippen molar-refractivity contribution in [2.45, 2.75) is 64.7 Å². The lowest BCUT2D eigenvalue weighted by Crippen LogP contribution is -1.97. The molecule has 1 nitrogen and oxygen atoms in total. The highest BCUT2D eigenvalue weighted by Crippen LogP contribution is 2.35. The third-order valence-corrected chi connectivity index (χ3v) is 8.10. The van der Waals surface area contributed by atoms with E-state index >= 15 is 0 Å². The van der Waals surface area contributed by atoms with Crippen molar-refractivity contribution in [3.8, 4) is 5.75 Å². The molecule has 0 unspecified atom stereocenters. The molecule has 0 aliphatic carbocycles. The van der Waals surface area contributed by atoms with Gasteiger partial charge in [-0.05, 0) is 62.4 Å². The molecular formula is C41H44O. The third kappa shape index (κ3) is 8.01. The molecule has 0 aliphatic rings. The van der Waals surface area contributed by atoms with E-state index in [1.165, 1.54) is 95.2 Å². The van der Waals surface area contributed by atoms with E-state index in [-0.39, 0.29) is 0 Å². The Morgan fingerprint density at radius 1 is 0.429 bits per heavy atom. The van der Waals surface area contributed by atoms with Gasteiger partial charge in [0, 0.05) is 0 Å². The van der Waals surface area contributed by atoms with Crippen LogP contribution in [0.25, 0.3) is 45.8 Å². The molecule has 0 radical (unpaired) electrons. The van der Waals surface area contributed by atoms with Gasteiger partial charge in [-0.2, -0.15) is 0 Å². The Balaban J connectivity index is 1.26. The van der Waals surface area contributed by atoms with Crippen LogP contribution in [0, 0.1) is 0 Å². The highest BCUT2D eigenvalue weighted by molar-refractivity contribution is 6.14. The number of rotatable bonds is 15. The van der Waals surface area contributed by atoms with Gasteiger partial charge in [0.05, 0.1) is 6.61 Å². The second-order valence-corrected chi connectivity index (χ2v) is 11.2. The average molecular weight is 553 g/mol. The third-order valence-electron chi connectivity index (χ3n) is 8.10. The standard InChI is InChI=1S/C41H44O/c1-2-3-4-5-6-7-8-9-17-32-42-35-28-24-34(25-29-35)27-31-41-38-22-15-13-20-36(38)40(37-21-14-16-23-39(37)41)30-26-33-18-11-10-12-19-33/h10-16,18-31H,2-9,17,32H2,1H3/b30-26+,31-27+. The molecule has 0 fully saturated rings. The Morgan fingerprint density at radius 3 is 1.36 bits per heavy atom. The van der Waals surface area contributed by atoms with Gasteiger partial charge >= 0.3 is 0 Å². The molecule has 0 heterocycles. The van der Waals surface area contributed by atoms with E-state index in [0.717, 1.165) is 18.8 Å². The van der Waals surface area contributed by atoms with Crippen molar-refractivity contribution in [2.75, 3.05) is 6.61 Å². The summed E-state index contributed by atoms with van der Waals surface area (Å²) in [4.78, 5) is 0. The van der Waals surface area contributed by atoms with Crippen LogP contribution in [0.4, 0.5) is 0 Å². The fraction of sp³-hybridized carbons (Fsp3) is 0.268. The van der Waals surface area contributed by atoms with Gasteiger partial charge in [0.2, 0.25) is 0 Å². The largest absolute Gasteiger partial charge is 0.494 e. The molecule has 0 saturated carbocycles. The van der Waals surface area contributed by atoms with Crippen molar-refractivity contribution in [3.63, 3.8) is 0 Å². The zero-order chi connectivity index (χ0) is 28.8. The fourth-order valence-corrected chi connectivity index (χ4v) is 5.76. The summed E-state index contributed by atoms with van der Waals surface area (Å²) >= 11 is 0. The van der Waals surface area contributed by atoms with Crippen molar-refractivity contribution < 1.29 is 4.74 Å². The second-order valence-electron chi connectivity index (χ2n) is 11.2. The molecule has 5 aromatic carbocycles. The molecule has 0 spiro atoms. The van der Waals surface area contributed by atoms with Crippen molar-refractivity contribution in [2.24, 2.45) is 0 Å². The Kier molecular flexibility index (Phi) is 11.0. The Morgan fingerprint density at radius 2 is 0.857 bits per heavy atom. The summed E-state index contributed by atoms with van der Waals surface area (Å²) in [7, 11) is 0. The molecule has 0 saturated heterocycles. The molecule has 5 aromatic rings. The Labute approximate surface area is 252 Å². The second kappa shape index (κ2) is 15.8. The van der Waals surface area contributed by atoms with Gasteiger partial charge in [-0.25, -0.2) is 0 Å². The lowest BCUT2D eigenvalue weighted by atomic mass is 9.91. The first-order chi connectivity index (χ1) is 20.8. The van der Waals surface area contributed by atoms with Gasteiger partial charge in [0.1, 0.15) is 5.75 Å². The zero-order valence-corrected chi connectivity index (χ0v) is 25.1. The normalized spacial score (nSPS) is 11.7. The van der Waals surface area contributed by atoms with Gasteiger partial charge < -0.3 is 4.74 Å². The van der Waals surface area contributed by atoms with Gasteiger partial charge in [0.15, 0.2) is 0 Å². The maximum absolute atomic E-state index is 6.04. The van der Waals surface area contributed by atoms with Crippen molar-refractivity contribution in [1.82, 2.24) is 0 Å². The number of hydrogen-bond acceptors (Lipinski definition) is 1. The number of fused-ring (bicyclic) bond motifs is 2. The van der Waals surface area contributed by atoms with Crippen LogP contribution in [0.5, 0.6) is 5.75 Å². The van der Waals surface area contributed by atoms with E-state index in [1.54, 1.807) is 0 Å². The van der Waals surface area contributed by atoms with Crippen LogP contribution in [-0.2, 0) is 0 Å². The zero-order valence-electron chi connectivity index (χ0n) is 25.1. The summed E-state index contributed by atoms with van der Waals surface area (Å²) in [5.41, 5.74) is 4.89. The van der Waals surface area contributed by atoms with Gasteiger partial charge in [-0.15, -0.1) is 0 Å². The van der Waals surface area contributed by atoms with E-state index in [9.17, 15) is 0 Å². The van der Waals surface area contributed by atoms with Gasteiger partial charge in [-0.1, -0.05) is 174 Å². The molecule has 0 aliphatic heterocycles. The Hall–Kier alpha value is -4.10. The monoisotopic (exact) mass is 552 g/mol. The van der Waals surface area contributed by atoms with Gasteiger partial charge in [-0.3, -0.25) is 0 Å². The SMILES string of the molecule is CCCCCCCCCCCOc1ccc(/C=C/c2c3ccccc3c(/C=C/c3ccccc3)c3ccccc23)cc1. The molecule has 0 amide bonds. The molecular weight excluding hydrogens is 508 g/mol. The predicted octanol–water partition coefficient (Wildman–Crippen LogP) is 12.2. The summed E-state index contributed by atoms with van der Waals surface area (Å²) in [5.74, 6) is 0.956. The van der Waals surface area contributed by atoms with E-state index in [1.807, 2.05) is 0 Å². The van der Waals surface area contributed by atoms with Gasteiger partial charge in [0.25, 0.3) is 0 Å². The number of benzene rings is 5. The van der Waals surface area contributed by atoms with Crippen LogP contribution in [-0.4, -0.2) is 6.61 Å². The first-order valence-electron chi connectivity index (χ1n) is 15.9. The van der Waals surface area contributed by atoms with E-state index in [0.29, 0.717) is 0 Å². The molecule has 0 atom stereocenters. The molecule has 1 heteroatoms. The smallest absolute Gasteiger partial charge is 0.119 e. The summed E-state index contributed by atoms with van der Waals surface area (Å²) < 4.78 is 6.04. The van der Waals surface area contributed by atoms with E-state index in [2.05, 4.69) is 134 Å². The highest BCUT2D eigenvalue weighted by atomic mass is 16.5. The number of hydrogen-bond donors (Lipinski definition) is 0. The fourth-order valence-electron chi connectivity index (χ4n) is 5.76. The summed E-state index contributed by atoms with van der Waals surface area (Å²) in [5, 5.41) is 5.06. The molecule has 5 rings (SSSR count). The van der Waals surface area contributed by atoms with E-state index in [4.69, 9.17) is 4.74 Å². The molecule has 214 valence electrons. The van der Waals surface area contributed by atoms with Crippen LogP contribution in [0.15, 0.2) is 103 Å². The Bertz CT molecular complexity index is 1530. The van der Waals surface area contributed by atoms with Crippen LogP contribution in [0.1, 0.15) is 87.0 Å². The topological polar surface area (TPSA) is 9.23 Å². The number of ether oxygens (including phenoxy) is 1. The van der Waals surface area contributed by atoms with Crippen LogP contribution in [0.3, 0.4) is 0 Å². The summed E-state index contributed by atoms with van der Waals surface area (Å²) in [6, 6.07) is 36.5. The first kappa shape index (κ1) is 29.4. The van der Waals surface area contributed by atoms with Crippen LogP contribution >= 0.6 is 0 Å². The lowest BCUT2D eigenvalue weighted by molar-refractivity contribution is 0.304.